The van der Waals surface area contributed by atoms with Crippen LogP contribution in [0.25, 0.3) is 11.2 Å². The van der Waals surface area contributed by atoms with Gasteiger partial charge in [-0.2, -0.15) is 0 Å². The number of halogens is 1. The Kier molecular flexibility index (Phi) is 9.04. The van der Waals surface area contributed by atoms with Crippen molar-refractivity contribution in [2.45, 2.75) is 26.5 Å². The minimum absolute atomic E-state index is 0.0326. The van der Waals surface area contributed by atoms with Gasteiger partial charge in [0.05, 0.1) is 31.9 Å². The van der Waals surface area contributed by atoms with Crippen LogP contribution in [0.3, 0.4) is 0 Å². The van der Waals surface area contributed by atoms with Gasteiger partial charge in [-0.1, -0.05) is 11.8 Å². The molecular formula is C16H24ClN6O4PS. The van der Waals surface area contributed by atoms with Gasteiger partial charge in [0.15, 0.2) is 22.1 Å². The molecule has 0 saturated heterocycles. The molecule has 0 N–H and O–H groups in total. The summed E-state index contributed by atoms with van der Waals surface area (Å²) in [6.45, 7) is 0.388. The Labute approximate surface area is 178 Å². The number of carbonyl (C=O) groups excluding carboxylic acids is 1. The monoisotopic (exact) mass is 462 g/mol. The lowest BCUT2D eigenvalue weighted by Gasteiger charge is -2.17. The summed E-state index contributed by atoms with van der Waals surface area (Å²) >= 11 is 7.00. The third-order valence-electron chi connectivity index (χ3n) is 3.43. The van der Waals surface area contributed by atoms with Gasteiger partial charge in [-0.3, -0.25) is 9.36 Å². The number of aliphatic imine (C=N–C) groups is 1. The van der Waals surface area contributed by atoms with Gasteiger partial charge in [0.2, 0.25) is 0 Å². The first-order valence-electron chi connectivity index (χ1n) is 8.72. The maximum atomic E-state index is 12.2. The van der Waals surface area contributed by atoms with Crippen molar-refractivity contribution in [1.29, 1.82) is 0 Å². The van der Waals surface area contributed by atoms with Gasteiger partial charge in [0.25, 0.3) is 0 Å². The van der Waals surface area contributed by atoms with E-state index in [0.29, 0.717) is 29.3 Å². The van der Waals surface area contributed by atoms with Crippen LogP contribution in [0.2, 0.25) is 0 Å². The Balaban J connectivity index is 1.93. The molecule has 2 rings (SSSR count). The van der Waals surface area contributed by atoms with Gasteiger partial charge in [0.1, 0.15) is 12.7 Å². The normalized spacial score (nSPS) is 14.9. The summed E-state index contributed by atoms with van der Waals surface area (Å²) in [6.07, 6.45) is 4.14. The second kappa shape index (κ2) is 11.0. The highest BCUT2D eigenvalue weighted by atomic mass is 35.7. The minimum atomic E-state index is -3.42. The molecule has 0 spiro atoms. The Morgan fingerprint density at radius 3 is 2.90 bits per heavy atom. The smallest absolute Gasteiger partial charge is 0.315 e. The van der Waals surface area contributed by atoms with Gasteiger partial charge < -0.3 is 18.7 Å². The first-order chi connectivity index (χ1) is 13.7. The number of carbonyl (C=O) groups is 1. The molecule has 0 fully saturated rings. The molecule has 10 nitrogen and oxygen atoms in total. The Bertz CT molecular complexity index is 909. The predicted molar refractivity (Wildman–Crippen MR) is 115 cm³/mol. The zero-order chi connectivity index (χ0) is 21.4. The van der Waals surface area contributed by atoms with E-state index in [1.807, 2.05) is 21.0 Å². The van der Waals surface area contributed by atoms with E-state index in [1.165, 1.54) is 13.3 Å². The van der Waals surface area contributed by atoms with E-state index in [0.717, 1.165) is 11.8 Å². The summed E-state index contributed by atoms with van der Waals surface area (Å²) in [7, 11) is 3.72. The van der Waals surface area contributed by atoms with Crippen LogP contribution in [0, 0.1) is 0 Å². The van der Waals surface area contributed by atoms with Gasteiger partial charge in [-0.15, -0.1) is 0 Å². The largest absolute Gasteiger partial charge is 0.369 e. The highest BCUT2D eigenvalue weighted by molar-refractivity contribution is 8.13. The van der Waals surface area contributed by atoms with Crippen molar-refractivity contribution in [1.82, 2.24) is 24.4 Å². The second-order valence-electron chi connectivity index (χ2n) is 6.34. The number of hydrogen-bond donors (Lipinski definition) is 0. The minimum Gasteiger partial charge on any atom is -0.369 e. The molecule has 0 aliphatic rings. The van der Waals surface area contributed by atoms with E-state index in [4.69, 9.17) is 20.5 Å². The van der Waals surface area contributed by atoms with Crippen LogP contribution in [0.4, 0.5) is 5.82 Å². The van der Waals surface area contributed by atoms with Crippen molar-refractivity contribution >= 4 is 58.2 Å². The van der Waals surface area contributed by atoms with Crippen LogP contribution in [0.15, 0.2) is 17.6 Å². The molecule has 2 aromatic heterocycles. The van der Waals surface area contributed by atoms with Crippen LogP contribution < -0.4 is 0 Å². The van der Waals surface area contributed by atoms with Crippen molar-refractivity contribution in [3.63, 3.8) is 0 Å². The number of thioether (sulfide) groups is 1. The van der Waals surface area contributed by atoms with Gasteiger partial charge in [-0.25, -0.2) is 19.9 Å². The lowest BCUT2D eigenvalue weighted by molar-refractivity contribution is -0.109. The fraction of sp³-hybridized carbons (Fsp3) is 0.562. The molecule has 0 bridgehead atoms. The Morgan fingerprint density at radius 1 is 1.45 bits per heavy atom. The van der Waals surface area contributed by atoms with Crippen LogP contribution >= 0.6 is 29.7 Å². The standard InChI is InChI=1S/C16H24ClN6O4PS/c1-12(26-11-28(17,25)27-5-6-29-13(2)24)7-23-10-20-14-15(21-9-22(3)4)18-8-19-16(14)23/h8-10,12H,5-7,11H2,1-4H3/b21-9-/t12-,28?/m1/s1. The molecule has 160 valence electrons. The summed E-state index contributed by atoms with van der Waals surface area (Å²) in [5.41, 5.74) is 1.19. The molecule has 0 amide bonds. The van der Waals surface area contributed by atoms with E-state index in [2.05, 4.69) is 19.9 Å². The maximum absolute atomic E-state index is 12.2. The molecule has 29 heavy (non-hydrogen) atoms. The summed E-state index contributed by atoms with van der Waals surface area (Å²) < 4.78 is 24.8. The quantitative estimate of drug-likeness (QED) is 0.215. The predicted octanol–water partition coefficient (Wildman–Crippen LogP) is 3.14. The van der Waals surface area contributed by atoms with E-state index in [-0.39, 0.29) is 24.2 Å². The first-order valence-corrected chi connectivity index (χ1v) is 12.4. The third-order valence-corrected chi connectivity index (χ3v) is 5.82. The molecule has 0 aliphatic heterocycles. The lowest BCUT2D eigenvalue weighted by Crippen LogP contribution is -2.17. The van der Waals surface area contributed by atoms with Crippen LogP contribution in [0.5, 0.6) is 0 Å². The van der Waals surface area contributed by atoms with Crippen molar-refractivity contribution in [2.24, 2.45) is 4.99 Å². The summed E-state index contributed by atoms with van der Waals surface area (Å²) in [4.78, 5) is 29.7. The molecule has 2 heterocycles. The maximum Gasteiger partial charge on any atom is 0.315 e. The average Bonchev–Trinajstić information content (AvgIpc) is 3.05. The van der Waals surface area contributed by atoms with Crippen molar-refractivity contribution in [3.05, 3.63) is 12.7 Å². The fourth-order valence-electron chi connectivity index (χ4n) is 2.21. The van der Waals surface area contributed by atoms with E-state index in [1.54, 1.807) is 22.1 Å². The van der Waals surface area contributed by atoms with Gasteiger partial charge in [0, 0.05) is 26.8 Å². The van der Waals surface area contributed by atoms with Crippen molar-refractivity contribution in [3.8, 4) is 0 Å². The number of fused-ring (bicyclic) bond motifs is 1. The average molecular weight is 463 g/mol. The molecule has 2 atom stereocenters. The van der Waals surface area contributed by atoms with Crippen molar-refractivity contribution < 1.29 is 18.6 Å². The molecule has 0 saturated carbocycles. The van der Waals surface area contributed by atoms with Crippen LogP contribution in [-0.4, -0.2) is 74.8 Å². The zero-order valence-electron chi connectivity index (χ0n) is 16.7. The topological polar surface area (TPSA) is 112 Å². The van der Waals surface area contributed by atoms with Crippen molar-refractivity contribution in [2.75, 3.05) is 32.8 Å². The number of nitrogens with zero attached hydrogens (tertiary/aromatic N) is 6. The lowest BCUT2D eigenvalue weighted by atomic mass is 10.4. The summed E-state index contributed by atoms with van der Waals surface area (Å²) in [5.74, 6) is 0.860. The molecule has 0 aliphatic carbocycles. The summed E-state index contributed by atoms with van der Waals surface area (Å²) in [5, 5.41) is -0.0326. The highest BCUT2D eigenvalue weighted by Crippen LogP contribution is 2.52. The molecule has 0 aromatic carbocycles. The Morgan fingerprint density at radius 2 is 2.21 bits per heavy atom. The molecular weight excluding hydrogens is 439 g/mol. The van der Waals surface area contributed by atoms with Crippen LogP contribution in [-0.2, 0) is 25.2 Å². The number of rotatable bonds is 11. The molecule has 0 radical (unpaired) electrons. The third kappa shape index (κ3) is 8.02. The van der Waals surface area contributed by atoms with E-state index < -0.39 is 6.72 Å². The fourth-order valence-corrected chi connectivity index (χ4v) is 4.03. The molecule has 2 aromatic rings. The highest BCUT2D eigenvalue weighted by Gasteiger charge is 2.22. The Hall–Kier alpha value is -1.52. The molecule has 13 heteroatoms. The zero-order valence-corrected chi connectivity index (χ0v) is 19.2. The first kappa shape index (κ1) is 23.8. The van der Waals surface area contributed by atoms with Crippen LogP contribution in [0.1, 0.15) is 13.8 Å². The van der Waals surface area contributed by atoms with E-state index >= 15 is 0 Å². The summed E-state index contributed by atoms with van der Waals surface area (Å²) in [6, 6.07) is 0. The van der Waals surface area contributed by atoms with Gasteiger partial charge >= 0.3 is 6.72 Å². The number of imidazole rings is 1. The number of aromatic nitrogens is 4. The van der Waals surface area contributed by atoms with E-state index in [9.17, 15) is 9.36 Å². The number of ether oxygens (including phenoxy) is 1. The second-order valence-corrected chi connectivity index (χ2v) is 10.9. The van der Waals surface area contributed by atoms with Gasteiger partial charge in [-0.05, 0) is 18.2 Å². The SMILES string of the molecule is CC(=O)SCCOP(=O)(Cl)CO[C@H](C)Cn1cnc2c(/N=C\N(C)C)ncnc21. The number of hydrogen-bond acceptors (Lipinski definition) is 9. The molecule has 1 unspecified atom stereocenters.